The van der Waals surface area contributed by atoms with E-state index in [0.717, 1.165) is 12.0 Å². The minimum absolute atomic E-state index is 0.198. The molecule has 0 saturated heterocycles. The maximum Gasteiger partial charge on any atom is 0.102 e. The van der Waals surface area contributed by atoms with E-state index >= 15 is 0 Å². The molecule has 1 rings (SSSR count). The van der Waals surface area contributed by atoms with Gasteiger partial charge in [0.25, 0.3) is 0 Å². The summed E-state index contributed by atoms with van der Waals surface area (Å²) in [6, 6.07) is 0. The summed E-state index contributed by atoms with van der Waals surface area (Å²) in [5, 5.41) is 17.7. The normalized spacial score (nSPS) is 20.4. The number of hydrogen-bond donors (Lipinski definition) is 2. The van der Waals surface area contributed by atoms with Gasteiger partial charge in [0, 0.05) is 0 Å². The molecular weight excluding hydrogens is 128 g/mol. The molecule has 0 aromatic rings. The van der Waals surface area contributed by atoms with Gasteiger partial charge in [-0.05, 0) is 18.4 Å². The Balaban J connectivity index is 2.54. The van der Waals surface area contributed by atoms with Crippen LogP contribution >= 0.6 is 0 Å². The van der Waals surface area contributed by atoms with Crippen LogP contribution in [0.4, 0.5) is 0 Å². The van der Waals surface area contributed by atoms with Gasteiger partial charge in [-0.15, -0.1) is 0 Å². The zero-order valence-corrected chi connectivity index (χ0v) is 5.70. The second kappa shape index (κ2) is 3.54. The standard InChI is InChI=1S/C8H11O2/c9-6-8(10)7-4-2-1-3-5-7/h1-2,4-5,8-10H,3,6H2. The number of aliphatic hydroxyl groups excluding tert-OH is 2. The van der Waals surface area contributed by atoms with Crippen molar-refractivity contribution in [1.82, 2.24) is 0 Å². The topological polar surface area (TPSA) is 40.5 Å². The quantitative estimate of drug-likeness (QED) is 0.582. The summed E-state index contributed by atoms with van der Waals surface area (Å²) < 4.78 is 0. The first-order chi connectivity index (χ1) is 4.84. The molecule has 0 amide bonds. The van der Waals surface area contributed by atoms with E-state index in [-0.39, 0.29) is 6.61 Å². The smallest absolute Gasteiger partial charge is 0.102 e. The lowest BCUT2D eigenvalue weighted by molar-refractivity contribution is 0.124. The summed E-state index contributed by atoms with van der Waals surface area (Å²) in [6.45, 7) is -0.198. The molecule has 55 valence electrons. The van der Waals surface area contributed by atoms with E-state index in [9.17, 15) is 0 Å². The molecule has 0 heterocycles. The molecule has 0 fully saturated rings. The van der Waals surface area contributed by atoms with Crippen molar-refractivity contribution in [2.45, 2.75) is 12.5 Å². The molecule has 2 nitrogen and oxygen atoms in total. The summed E-state index contributed by atoms with van der Waals surface area (Å²) in [6.07, 6.45) is 7.74. The van der Waals surface area contributed by atoms with Gasteiger partial charge in [-0.3, -0.25) is 0 Å². The van der Waals surface area contributed by atoms with Gasteiger partial charge >= 0.3 is 0 Å². The van der Waals surface area contributed by atoms with E-state index in [2.05, 4.69) is 0 Å². The number of aliphatic hydroxyl groups is 2. The molecule has 0 aliphatic heterocycles. The van der Waals surface area contributed by atoms with Gasteiger partial charge in [0.05, 0.1) is 6.61 Å². The predicted octanol–water partition coefficient (Wildman–Crippen LogP) is 0.430. The first-order valence-corrected chi connectivity index (χ1v) is 3.33. The van der Waals surface area contributed by atoms with E-state index in [1.165, 1.54) is 0 Å². The molecule has 10 heavy (non-hydrogen) atoms. The summed E-state index contributed by atoms with van der Waals surface area (Å²) in [7, 11) is 0. The van der Waals surface area contributed by atoms with E-state index < -0.39 is 6.10 Å². The highest BCUT2D eigenvalue weighted by Gasteiger charge is 2.06. The Morgan fingerprint density at radius 2 is 2.40 bits per heavy atom. The average molecular weight is 139 g/mol. The SMILES string of the molecule is OCC(O)C1=CC[CH]C=C1. The van der Waals surface area contributed by atoms with Crippen molar-refractivity contribution >= 4 is 0 Å². The highest BCUT2D eigenvalue weighted by atomic mass is 16.3. The van der Waals surface area contributed by atoms with Crippen molar-refractivity contribution in [3.05, 3.63) is 30.2 Å². The summed E-state index contributed by atoms with van der Waals surface area (Å²) in [5.74, 6) is 0. The van der Waals surface area contributed by atoms with Crippen molar-refractivity contribution in [2.24, 2.45) is 0 Å². The molecule has 2 N–H and O–H groups in total. The molecule has 0 bridgehead atoms. The van der Waals surface area contributed by atoms with Gasteiger partial charge < -0.3 is 10.2 Å². The lowest BCUT2D eigenvalue weighted by atomic mass is 10.0. The van der Waals surface area contributed by atoms with Crippen LogP contribution in [0.15, 0.2) is 23.8 Å². The fourth-order valence-electron chi connectivity index (χ4n) is 0.882. The number of allylic oxidation sites excluding steroid dienone is 2. The molecule has 0 aromatic heterocycles. The van der Waals surface area contributed by atoms with Crippen molar-refractivity contribution in [2.75, 3.05) is 6.61 Å². The molecule has 1 aliphatic carbocycles. The van der Waals surface area contributed by atoms with Crippen molar-refractivity contribution in [3.63, 3.8) is 0 Å². The lowest BCUT2D eigenvalue weighted by Gasteiger charge is -2.10. The second-order valence-electron chi connectivity index (χ2n) is 2.23. The second-order valence-corrected chi connectivity index (χ2v) is 2.23. The third-order valence-electron chi connectivity index (χ3n) is 1.47. The van der Waals surface area contributed by atoms with Crippen molar-refractivity contribution < 1.29 is 10.2 Å². The minimum Gasteiger partial charge on any atom is -0.393 e. The third-order valence-corrected chi connectivity index (χ3v) is 1.47. The van der Waals surface area contributed by atoms with Crippen LogP contribution in [0.5, 0.6) is 0 Å². The highest BCUT2D eigenvalue weighted by Crippen LogP contribution is 2.11. The van der Waals surface area contributed by atoms with E-state index in [0.29, 0.717) is 0 Å². The molecule has 1 unspecified atom stereocenters. The fraction of sp³-hybridized carbons (Fsp3) is 0.375. The maximum atomic E-state index is 9.10. The van der Waals surface area contributed by atoms with Gasteiger partial charge in [-0.2, -0.15) is 0 Å². The van der Waals surface area contributed by atoms with Gasteiger partial charge in [0.1, 0.15) is 6.10 Å². The zero-order valence-electron chi connectivity index (χ0n) is 5.70. The van der Waals surface area contributed by atoms with Crippen LogP contribution in [0.2, 0.25) is 0 Å². The van der Waals surface area contributed by atoms with E-state index in [1.807, 2.05) is 24.6 Å². The largest absolute Gasteiger partial charge is 0.393 e. The fourth-order valence-corrected chi connectivity index (χ4v) is 0.882. The number of rotatable bonds is 2. The first kappa shape index (κ1) is 7.51. The molecule has 0 spiro atoms. The van der Waals surface area contributed by atoms with Gasteiger partial charge in [0.2, 0.25) is 0 Å². The molecule has 0 saturated carbocycles. The monoisotopic (exact) mass is 139 g/mol. The highest BCUT2D eigenvalue weighted by molar-refractivity contribution is 5.29. The van der Waals surface area contributed by atoms with Crippen LogP contribution in [0.25, 0.3) is 0 Å². The lowest BCUT2D eigenvalue weighted by Crippen LogP contribution is -2.14. The zero-order chi connectivity index (χ0) is 7.40. The molecule has 1 atom stereocenters. The Kier molecular flexibility index (Phi) is 2.66. The first-order valence-electron chi connectivity index (χ1n) is 3.33. The molecule has 1 radical (unpaired) electrons. The summed E-state index contributed by atoms with van der Waals surface area (Å²) in [5.41, 5.74) is 0.810. The van der Waals surface area contributed by atoms with Gasteiger partial charge in [-0.1, -0.05) is 18.2 Å². The van der Waals surface area contributed by atoms with Crippen molar-refractivity contribution in [3.8, 4) is 0 Å². The molecular formula is C8H11O2. The Morgan fingerprint density at radius 3 is 2.90 bits per heavy atom. The summed E-state index contributed by atoms with van der Waals surface area (Å²) >= 11 is 0. The Morgan fingerprint density at radius 1 is 1.60 bits per heavy atom. The Bertz CT molecular complexity index is 159. The van der Waals surface area contributed by atoms with Crippen LogP contribution in [0, 0.1) is 6.42 Å². The van der Waals surface area contributed by atoms with Crippen molar-refractivity contribution in [1.29, 1.82) is 0 Å². The van der Waals surface area contributed by atoms with Crippen LogP contribution < -0.4 is 0 Å². The summed E-state index contributed by atoms with van der Waals surface area (Å²) in [4.78, 5) is 0. The number of hydrogen-bond acceptors (Lipinski definition) is 2. The Labute approximate surface area is 60.5 Å². The molecule has 1 aliphatic rings. The van der Waals surface area contributed by atoms with Gasteiger partial charge in [-0.25, -0.2) is 0 Å². The van der Waals surface area contributed by atoms with E-state index in [4.69, 9.17) is 10.2 Å². The molecule has 0 aromatic carbocycles. The average Bonchev–Trinajstić information content (AvgIpc) is 2.05. The Hall–Kier alpha value is -0.600. The van der Waals surface area contributed by atoms with Crippen LogP contribution in [0.3, 0.4) is 0 Å². The van der Waals surface area contributed by atoms with Crippen LogP contribution in [-0.2, 0) is 0 Å². The third kappa shape index (κ3) is 1.69. The van der Waals surface area contributed by atoms with E-state index in [1.54, 1.807) is 0 Å². The minimum atomic E-state index is -0.704. The van der Waals surface area contributed by atoms with Crippen LogP contribution in [0.1, 0.15) is 6.42 Å². The van der Waals surface area contributed by atoms with Gasteiger partial charge in [0.15, 0.2) is 0 Å². The van der Waals surface area contributed by atoms with Crippen LogP contribution in [-0.4, -0.2) is 22.9 Å². The predicted molar refractivity (Wildman–Crippen MR) is 39.2 cm³/mol. The molecule has 2 heteroatoms. The maximum absolute atomic E-state index is 9.10.